The maximum absolute atomic E-state index is 5.60. The molecule has 108 valence electrons. The fourth-order valence-electron chi connectivity index (χ4n) is 2.44. The molecule has 2 rings (SSSR count). The molecule has 1 unspecified atom stereocenters. The van der Waals surface area contributed by atoms with Crippen molar-refractivity contribution >= 4 is 15.9 Å². The zero-order chi connectivity index (χ0) is 13.8. The fraction of sp³-hybridized carbons (Fsp3) is 0.769. The lowest BCUT2D eigenvalue weighted by molar-refractivity contribution is -0.0118. The van der Waals surface area contributed by atoms with Crippen LogP contribution in [0, 0.1) is 6.92 Å². The van der Waals surface area contributed by atoms with Crippen molar-refractivity contribution in [1.29, 1.82) is 0 Å². The van der Waals surface area contributed by atoms with Gasteiger partial charge in [-0.25, -0.2) is 0 Å². The van der Waals surface area contributed by atoms with Gasteiger partial charge in [-0.1, -0.05) is 6.92 Å². The highest BCUT2D eigenvalue weighted by Crippen LogP contribution is 2.23. The predicted molar refractivity (Wildman–Crippen MR) is 79.2 cm³/mol. The van der Waals surface area contributed by atoms with Crippen LogP contribution in [0.2, 0.25) is 0 Å². The Balaban J connectivity index is 2.06. The van der Waals surface area contributed by atoms with Gasteiger partial charge in [0.25, 0.3) is 0 Å². The van der Waals surface area contributed by atoms with Gasteiger partial charge in [-0.2, -0.15) is 5.10 Å². The maximum Gasteiger partial charge on any atom is 0.0739 e. The molecule has 0 amide bonds. The average molecular weight is 331 g/mol. The van der Waals surface area contributed by atoms with Crippen molar-refractivity contribution in [3.63, 3.8) is 0 Å². The van der Waals surface area contributed by atoms with Crippen LogP contribution in [0.5, 0.6) is 0 Å². The molecule has 0 bridgehead atoms. The Kier molecular flexibility index (Phi) is 5.38. The minimum atomic E-state index is 0.441. The highest BCUT2D eigenvalue weighted by molar-refractivity contribution is 9.10. The largest absolute Gasteiger partial charge is 0.378 e. The summed E-state index contributed by atoms with van der Waals surface area (Å²) in [5.74, 6) is 0. The number of ether oxygens (including phenoxy) is 1. The summed E-state index contributed by atoms with van der Waals surface area (Å²) in [4.78, 5) is 2.48. The summed E-state index contributed by atoms with van der Waals surface area (Å²) in [5, 5.41) is 7.87. The van der Waals surface area contributed by atoms with Gasteiger partial charge < -0.3 is 10.1 Å². The first-order valence-electron chi connectivity index (χ1n) is 6.84. The number of hydrogen-bond donors (Lipinski definition) is 1. The van der Waals surface area contributed by atoms with Gasteiger partial charge in [0.2, 0.25) is 0 Å². The van der Waals surface area contributed by atoms with E-state index < -0.39 is 0 Å². The van der Waals surface area contributed by atoms with Crippen LogP contribution in [0.4, 0.5) is 0 Å². The molecule has 6 heteroatoms. The van der Waals surface area contributed by atoms with E-state index in [1.54, 1.807) is 0 Å². The molecule has 0 spiro atoms. The van der Waals surface area contributed by atoms with E-state index in [1.165, 1.54) is 5.69 Å². The normalized spacial score (nSPS) is 20.9. The van der Waals surface area contributed by atoms with Crippen molar-refractivity contribution < 1.29 is 4.74 Å². The molecule has 0 aliphatic carbocycles. The van der Waals surface area contributed by atoms with Crippen LogP contribution in [0.3, 0.4) is 0 Å². The van der Waals surface area contributed by atoms with Crippen molar-refractivity contribution in [1.82, 2.24) is 20.0 Å². The van der Waals surface area contributed by atoms with Gasteiger partial charge in [0, 0.05) is 32.7 Å². The molecule has 1 N–H and O–H groups in total. The molecule has 0 aromatic carbocycles. The summed E-state index contributed by atoms with van der Waals surface area (Å²) in [6.45, 7) is 9.66. The van der Waals surface area contributed by atoms with E-state index in [2.05, 4.69) is 38.2 Å². The first-order chi connectivity index (χ1) is 9.13. The molecule has 0 radical (unpaired) electrons. The Morgan fingerprint density at radius 3 is 2.95 bits per heavy atom. The van der Waals surface area contributed by atoms with Gasteiger partial charge in [0.15, 0.2) is 0 Å². The number of hydrogen-bond acceptors (Lipinski definition) is 4. The lowest BCUT2D eigenvalue weighted by atomic mass is 10.2. The topological polar surface area (TPSA) is 42.3 Å². The third kappa shape index (κ3) is 3.56. The minimum absolute atomic E-state index is 0.441. The zero-order valence-electron chi connectivity index (χ0n) is 11.9. The third-order valence-corrected chi connectivity index (χ3v) is 4.63. The molecule has 1 saturated heterocycles. The quantitative estimate of drug-likeness (QED) is 0.883. The van der Waals surface area contributed by atoms with E-state index in [4.69, 9.17) is 4.74 Å². The molecule has 0 saturated carbocycles. The zero-order valence-corrected chi connectivity index (χ0v) is 13.5. The van der Waals surface area contributed by atoms with Crippen molar-refractivity contribution in [3.8, 4) is 0 Å². The summed E-state index contributed by atoms with van der Waals surface area (Å²) >= 11 is 3.64. The first kappa shape index (κ1) is 15.0. The molecule has 1 aliphatic heterocycles. The first-order valence-corrected chi connectivity index (χ1v) is 7.63. The number of nitrogens with zero attached hydrogens (tertiary/aromatic N) is 3. The van der Waals surface area contributed by atoms with Crippen LogP contribution in [0.15, 0.2) is 4.47 Å². The standard InChI is InChI=1S/C13H23BrN4O/c1-4-15-7-11-9-19-6-5-18(11)8-12-13(14)10(2)16-17(12)3/h11,15H,4-9H2,1-3H3. The Bertz CT molecular complexity index is 421. The Morgan fingerprint density at radius 1 is 1.53 bits per heavy atom. The highest BCUT2D eigenvalue weighted by Gasteiger charge is 2.24. The summed E-state index contributed by atoms with van der Waals surface area (Å²) in [6.07, 6.45) is 0. The molecule has 2 heterocycles. The van der Waals surface area contributed by atoms with Gasteiger partial charge in [-0.3, -0.25) is 9.58 Å². The Labute approximate surface area is 123 Å². The number of aromatic nitrogens is 2. The van der Waals surface area contributed by atoms with Crippen LogP contribution in [0.1, 0.15) is 18.3 Å². The van der Waals surface area contributed by atoms with Crippen molar-refractivity contribution in [2.45, 2.75) is 26.4 Å². The molecular formula is C13H23BrN4O. The Morgan fingerprint density at radius 2 is 2.32 bits per heavy atom. The summed E-state index contributed by atoms with van der Waals surface area (Å²) in [6, 6.07) is 0.441. The smallest absolute Gasteiger partial charge is 0.0739 e. The van der Waals surface area contributed by atoms with Crippen LogP contribution in [-0.2, 0) is 18.3 Å². The monoisotopic (exact) mass is 330 g/mol. The number of nitrogens with one attached hydrogen (secondary N) is 1. The molecule has 19 heavy (non-hydrogen) atoms. The molecule has 5 nitrogen and oxygen atoms in total. The van der Waals surface area contributed by atoms with Crippen molar-refractivity contribution in [2.24, 2.45) is 7.05 Å². The van der Waals surface area contributed by atoms with E-state index >= 15 is 0 Å². The fourth-order valence-corrected chi connectivity index (χ4v) is 2.90. The van der Waals surface area contributed by atoms with Gasteiger partial charge in [-0.05, 0) is 29.4 Å². The lowest BCUT2D eigenvalue weighted by Gasteiger charge is -2.35. The molecule has 1 fully saturated rings. The minimum Gasteiger partial charge on any atom is -0.378 e. The Hall–Kier alpha value is -0.430. The van der Waals surface area contributed by atoms with Gasteiger partial charge >= 0.3 is 0 Å². The molecule has 1 atom stereocenters. The number of aryl methyl sites for hydroxylation is 2. The summed E-state index contributed by atoms with van der Waals surface area (Å²) in [7, 11) is 2.01. The highest BCUT2D eigenvalue weighted by atomic mass is 79.9. The van der Waals surface area contributed by atoms with E-state index in [0.717, 1.165) is 49.6 Å². The second-order valence-electron chi connectivity index (χ2n) is 4.98. The van der Waals surface area contributed by atoms with E-state index in [9.17, 15) is 0 Å². The van der Waals surface area contributed by atoms with Gasteiger partial charge in [0.05, 0.1) is 29.1 Å². The average Bonchev–Trinajstić information content (AvgIpc) is 2.64. The predicted octanol–water partition coefficient (Wildman–Crippen LogP) is 1.30. The maximum atomic E-state index is 5.60. The number of rotatable bonds is 5. The van der Waals surface area contributed by atoms with Crippen LogP contribution < -0.4 is 5.32 Å². The third-order valence-electron chi connectivity index (χ3n) is 3.59. The van der Waals surface area contributed by atoms with Gasteiger partial charge in [0.1, 0.15) is 0 Å². The second-order valence-corrected chi connectivity index (χ2v) is 5.77. The van der Waals surface area contributed by atoms with E-state index in [0.29, 0.717) is 6.04 Å². The number of halogens is 1. The van der Waals surface area contributed by atoms with Crippen molar-refractivity contribution in [2.75, 3.05) is 32.8 Å². The van der Waals surface area contributed by atoms with Crippen LogP contribution in [0.25, 0.3) is 0 Å². The second kappa shape index (κ2) is 6.83. The number of morpholine rings is 1. The molecule has 1 aliphatic rings. The van der Waals surface area contributed by atoms with Crippen molar-refractivity contribution in [3.05, 3.63) is 15.9 Å². The summed E-state index contributed by atoms with van der Waals surface area (Å²) < 4.78 is 8.70. The van der Waals surface area contributed by atoms with Crippen LogP contribution in [-0.4, -0.2) is 53.6 Å². The SMILES string of the molecule is CCNCC1COCCN1Cc1c(Br)c(C)nn1C. The molecule has 1 aromatic rings. The van der Waals surface area contributed by atoms with E-state index in [-0.39, 0.29) is 0 Å². The molecular weight excluding hydrogens is 308 g/mol. The van der Waals surface area contributed by atoms with Gasteiger partial charge in [-0.15, -0.1) is 0 Å². The lowest BCUT2D eigenvalue weighted by Crippen LogP contribution is -2.50. The van der Waals surface area contributed by atoms with Crippen LogP contribution >= 0.6 is 15.9 Å². The van der Waals surface area contributed by atoms with E-state index in [1.807, 2.05) is 18.7 Å². The number of likely N-dealkylation sites (N-methyl/N-ethyl adjacent to an activating group) is 1. The summed E-state index contributed by atoms with van der Waals surface area (Å²) in [5.41, 5.74) is 2.29. The molecule has 1 aromatic heterocycles.